The lowest BCUT2D eigenvalue weighted by Gasteiger charge is -2.00. The first-order valence-corrected chi connectivity index (χ1v) is 5.52. The van der Waals surface area contributed by atoms with E-state index in [-0.39, 0.29) is 0 Å². The summed E-state index contributed by atoms with van der Waals surface area (Å²) in [6.07, 6.45) is 0. The predicted molar refractivity (Wildman–Crippen MR) is 63.1 cm³/mol. The van der Waals surface area contributed by atoms with Crippen molar-refractivity contribution in [1.82, 2.24) is 4.98 Å². The second-order valence-electron chi connectivity index (χ2n) is 2.95. The van der Waals surface area contributed by atoms with Gasteiger partial charge in [-0.1, -0.05) is 42.5 Å². The van der Waals surface area contributed by atoms with Crippen molar-refractivity contribution in [3.63, 3.8) is 0 Å². The SMILES string of the molecule is Cc1nc(-c2ccccc2)cc(=S)s1. The first kappa shape index (κ1) is 9.49. The Bertz CT molecular complexity index is 488. The van der Waals surface area contributed by atoms with Gasteiger partial charge in [0.25, 0.3) is 0 Å². The van der Waals surface area contributed by atoms with Crippen LogP contribution in [0.2, 0.25) is 0 Å². The summed E-state index contributed by atoms with van der Waals surface area (Å²) in [6.45, 7) is 1.98. The maximum atomic E-state index is 5.17. The zero-order valence-electron chi connectivity index (χ0n) is 7.73. The average molecular weight is 219 g/mol. The molecule has 0 saturated heterocycles. The smallest absolute Gasteiger partial charge is 0.0939 e. The summed E-state index contributed by atoms with van der Waals surface area (Å²) < 4.78 is 0.886. The van der Waals surface area contributed by atoms with Crippen molar-refractivity contribution >= 4 is 23.6 Å². The summed E-state index contributed by atoms with van der Waals surface area (Å²) in [5.41, 5.74) is 2.08. The minimum absolute atomic E-state index is 0.886. The molecule has 2 aromatic rings. The molecule has 0 N–H and O–H groups in total. The topological polar surface area (TPSA) is 12.9 Å². The standard InChI is InChI=1S/C11H9NS2/c1-8-12-10(7-11(13)14-8)9-5-3-2-4-6-9/h2-7H,1H3. The third-order valence-electron chi connectivity index (χ3n) is 1.85. The van der Waals surface area contributed by atoms with E-state index in [1.165, 1.54) is 0 Å². The van der Waals surface area contributed by atoms with Crippen LogP contribution < -0.4 is 0 Å². The van der Waals surface area contributed by atoms with Crippen LogP contribution in [0.15, 0.2) is 36.4 Å². The van der Waals surface area contributed by atoms with Crippen LogP contribution in [0.4, 0.5) is 0 Å². The summed E-state index contributed by atoms with van der Waals surface area (Å²) in [7, 11) is 0. The van der Waals surface area contributed by atoms with E-state index in [9.17, 15) is 0 Å². The molecule has 0 aliphatic carbocycles. The number of aromatic nitrogens is 1. The Morgan fingerprint density at radius 3 is 2.57 bits per heavy atom. The van der Waals surface area contributed by atoms with Crippen molar-refractivity contribution in [3.8, 4) is 11.3 Å². The van der Waals surface area contributed by atoms with Crippen LogP contribution in [0, 0.1) is 10.7 Å². The maximum Gasteiger partial charge on any atom is 0.0939 e. The molecule has 0 aliphatic rings. The molecule has 0 atom stereocenters. The molecule has 0 fully saturated rings. The fourth-order valence-electron chi connectivity index (χ4n) is 1.27. The van der Waals surface area contributed by atoms with Gasteiger partial charge in [-0.3, -0.25) is 0 Å². The average Bonchev–Trinajstić information content (AvgIpc) is 2.18. The van der Waals surface area contributed by atoms with Gasteiger partial charge in [-0.05, 0) is 13.0 Å². The Kier molecular flexibility index (Phi) is 2.70. The van der Waals surface area contributed by atoms with Gasteiger partial charge in [-0.2, -0.15) is 0 Å². The number of rotatable bonds is 1. The molecule has 1 heterocycles. The molecule has 70 valence electrons. The molecule has 0 spiro atoms. The number of hydrogen-bond acceptors (Lipinski definition) is 3. The van der Waals surface area contributed by atoms with Gasteiger partial charge in [-0.25, -0.2) is 4.98 Å². The van der Waals surface area contributed by atoms with E-state index in [0.29, 0.717) is 0 Å². The van der Waals surface area contributed by atoms with Crippen LogP contribution in [0.5, 0.6) is 0 Å². The molecule has 0 amide bonds. The Hall–Kier alpha value is -1.06. The number of hydrogen-bond donors (Lipinski definition) is 0. The van der Waals surface area contributed by atoms with Crippen molar-refractivity contribution in [2.24, 2.45) is 0 Å². The molecule has 0 bridgehead atoms. The minimum atomic E-state index is 0.886. The highest BCUT2D eigenvalue weighted by molar-refractivity contribution is 7.73. The van der Waals surface area contributed by atoms with Gasteiger partial charge in [0.2, 0.25) is 0 Å². The number of nitrogens with zero attached hydrogens (tertiary/aromatic N) is 1. The molecule has 0 unspecified atom stereocenters. The monoisotopic (exact) mass is 219 g/mol. The molecular weight excluding hydrogens is 210 g/mol. The quantitative estimate of drug-likeness (QED) is 0.676. The summed E-state index contributed by atoms with van der Waals surface area (Å²) in [5.74, 6) is 0. The molecule has 2 rings (SSSR count). The third kappa shape index (κ3) is 2.05. The third-order valence-corrected chi connectivity index (χ3v) is 2.92. The van der Waals surface area contributed by atoms with Crippen molar-refractivity contribution in [1.29, 1.82) is 0 Å². The van der Waals surface area contributed by atoms with Crippen LogP contribution in [0.1, 0.15) is 5.01 Å². The van der Waals surface area contributed by atoms with Crippen LogP contribution >= 0.6 is 23.6 Å². The van der Waals surface area contributed by atoms with Gasteiger partial charge in [0, 0.05) is 5.56 Å². The maximum absolute atomic E-state index is 5.17. The Morgan fingerprint density at radius 2 is 1.93 bits per heavy atom. The van der Waals surface area contributed by atoms with Crippen molar-refractivity contribution in [2.75, 3.05) is 0 Å². The van der Waals surface area contributed by atoms with Crippen LogP contribution in [-0.4, -0.2) is 4.98 Å². The van der Waals surface area contributed by atoms with Gasteiger partial charge in [-0.15, -0.1) is 11.3 Å². The molecule has 0 radical (unpaired) electrons. The van der Waals surface area contributed by atoms with E-state index in [4.69, 9.17) is 12.2 Å². The second-order valence-corrected chi connectivity index (χ2v) is 4.88. The number of aryl methyl sites for hydroxylation is 1. The highest BCUT2D eigenvalue weighted by Crippen LogP contribution is 2.19. The predicted octanol–water partition coefficient (Wildman–Crippen LogP) is 3.85. The lowest BCUT2D eigenvalue weighted by Crippen LogP contribution is -1.83. The molecule has 14 heavy (non-hydrogen) atoms. The van der Waals surface area contributed by atoms with Gasteiger partial charge in [0.15, 0.2) is 0 Å². The summed E-state index contributed by atoms with van der Waals surface area (Å²) in [4.78, 5) is 4.46. The summed E-state index contributed by atoms with van der Waals surface area (Å²) in [5, 5.41) is 1.01. The Morgan fingerprint density at radius 1 is 1.21 bits per heavy atom. The van der Waals surface area contributed by atoms with Crippen LogP contribution in [0.3, 0.4) is 0 Å². The highest BCUT2D eigenvalue weighted by atomic mass is 32.1. The summed E-state index contributed by atoms with van der Waals surface area (Å²) >= 11 is 6.71. The molecule has 1 aromatic carbocycles. The van der Waals surface area contributed by atoms with Crippen molar-refractivity contribution < 1.29 is 0 Å². The fourth-order valence-corrected chi connectivity index (χ4v) is 2.35. The molecule has 0 aliphatic heterocycles. The normalized spacial score (nSPS) is 10.1. The second kappa shape index (κ2) is 3.98. The van der Waals surface area contributed by atoms with E-state index in [0.717, 1.165) is 20.1 Å². The molecule has 0 saturated carbocycles. The lowest BCUT2D eigenvalue weighted by molar-refractivity contribution is 1.27. The van der Waals surface area contributed by atoms with Crippen LogP contribution in [0.25, 0.3) is 11.3 Å². The van der Waals surface area contributed by atoms with Crippen LogP contribution in [-0.2, 0) is 0 Å². The molecular formula is C11H9NS2. The van der Waals surface area contributed by atoms with Gasteiger partial charge < -0.3 is 0 Å². The van der Waals surface area contributed by atoms with Gasteiger partial charge >= 0.3 is 0 Å². The van der Waals surface area contributed by atoms with E-state index >= 15 is 0 Å². The number of benzene rings is 1. The molecule has 1 aromatic heterocycles. The fraction of sp³-hybridized carbons (Fsp3) is 0.0909. The van der Waals surface area contributed by atoms with E-state index in [1.807, 2.05) is 43.3 Å². The van der Waals surface area contributed by atoms with Crippen molar-refractivity contribution in [3.05, 3.63) is 45.2 Å². The molecule has 3 heteroatoms. The minimum Gasteiger partial charge on any atom is -0.242 e. The van der Waals surface area contributed by atoms with Crippen molar-refractivity contribution in [2.45, 2.75) is 6.92 Å². The van der Waals surface area contributed by atoms with E-state index in [1.54, 1.807) is 11.3 Å². The van der Waals surface area contributed by atoms with E-state index in [2.05, 4.69) is 4.98 Å². The summed E-state index contributed by atoms with van der Waals surface area (Å²) in [6, 6.07) is 12.0. The molecule has 1 nitrogen and oxygen atoms in total. The largest absolute Gasteiger partial charge is 0.242 e. The van der Waals surface area contributed by atoms with Gasteiger partial charge in [0.05, 0.1) is 14.5 Å². The highest BCUT2D eigenvalue weighted by Gasteiger charge is 1.98. The zero-order valence-corrected chi connectivity index (χ0v) is 9.36. The first-order chi connectivity index (χ1) is 6.75. The Labute approximate surface area is 92.1 Å². The lowest BCUT2D eigenvalue weighted by atomic mass is 10.1. The zero-order chi connectivity index (χ0) is 9.97. The Balaban J connectivity index is 2.58. The first-order valence-electron chi connectivity index (χ1n) is 4.30. The van der Waals surface area contributed by atoms with Gasteiger partial charge in [0.1, 0.15) is 0 Å². The van der Waals surface area contributed by atoms with E-state index < -0.39 is 0 Å².